The Kier molecular flexibility index (Phi) is 6.95. The van der Waals surface area contributed by atoms with E-state index >= 15 is 0 Å². The van der Waals surface area contributed by atoms with Crippen LogP contribution in [0.2, 0.25) is 0 Å². The molecule has 2 amide bonds. The molecule has 3 aromatic rings. The Morgan fingerprint density at radius 2 is 1.50 bits per heavy atom. The number of nitrogens with one attached hydrogen (secondary N) is 2. The third-order valence-corrected chi connectivity index (χ3v) is 7.54. The standard InChI is InChI=1S/C25H25N3O5S/c1-33-21-15-13-20(14-16-21)26-24(29)18-9-11-19(12-10-18)27-25(30)23-8-5-17-28(23)34(31,32)22-6-3-2-4-7-22/h2-4,6-7,9-16,23H,5,8,17H2,1H3,(H,26,29)(H,27,30). The van der Waals surface area contributed by atoms with E-state index in [9.17, 15) is 18.0 Å². The summed E-state index contributed by atoms with van der Waals surface area (Å²) in [6, 6.07) is 20.7. The summed E-state index contributed by atoms with van der Waals surface area (Å²) in [6.45, 7) is 0.291. The SMILES string of the molecule is COc1ccc(NC(=O)c2ccc(NC(=O)C3CCCN3S(=O)(=O)c3ccccc3)cc2)cc1. The Morgan fingerprint density at radius 1 is 0.882 bits per heavy atom. The van der Waals surface area contributed by atoms with Crippen LogP contribution < -0.4 is 15.4 Å². The number of methoxy groups -OCH3 is 1. The lowest BCUT2D eigenvalue weighted by Crippen LogP contribution is -2.43. The van der Waals surface area contributed by atoms with E-state index in [-0.39, 0.29) is 10.8 Å². The maximum absolute atomic E-state index is 13.0. The van der Waals surface area contributed by atoms with Gasteiger partial charge in [0.05, 0.1) is 12.0 Å². The summed E-state index contributed by atoms with van der Waals surface area (Å²) < 4.78 is 32.4. The van der Waals surface area contributed by atoms with Crippen LogP contribution in [0.3, 0.4) is 0 Å². The summed E-state index contributed by atoms with van der Waals surface area (Å²) >= 11 is 0. The molecule has 4 rings (SSSR count). The minimum atomic E-state index is -3.77. The molecule has 3 aromatic carbocycles. The molecule has 2 N–H and O–H groups in total. The molecule has 1 fully saturated rings. The first kappa shape index (κ1) is 23.5. The monoisotopic (exact) mass is 479 g/mol. The van der Waals surface area contributed by atoms with Gasteiger partial charge in [-0.15, -0.1) is 0 Å². The first-order chi connectivity index (χ1) is 16.4. The van der Waals surface area contributed by atoms with E-state index in [2.05, 4.69) is 10.6 Å². The van der Waals surface area contributed by atoms with Gasteiger partial charge in [-0.05, 0) is 73.5 Å². The highest BCUT2D eigenvalue weighted by Gasteiger charge is 2.39. The van der Waals surface area contributed by atoms with Crippen molar-refractivity contribution in [2.45, 2.75) is 23.8 Å². The fraction of sp³-hybridized carbons (Fsp3) is 0.200. The van der Waals surface area contributed by atoms with Crippen LogP contribution in [0.1, 0.15) is 23.2 Å². The van der Waals surface area contributed by atoms with Crippen LogP contribution in [-0.2, 0) is 14.8 Å². The van der Waals surface area contributed by atoms with Crippen molar-refractivity contribution in [2.24, 2.45) is 0 Å². The molecule has 9 heteroatoms. The number of nitrogens with zero attached hydrogens (tertiary/aromatic N) is 1. The fourth-order valence-corrected chi connectivity index (χ4v) is 5.50. The number of benzene rings is 3. The molecule has 0 spiro atoms. The number of carbonyl (C=O) groups excluding carboxylic acids is 2. The number of hydrogen-bond donors (Lipinski definition) is 2. The lowest BCUT2D eigenvalue weighted by Gasteiger charge is -2.23. The molecular weight excluding hydrogens is 454 g/mol. The van der Waals surface area contributed by atoms with Crippen molar-refractivity contribution in [3.63, 3.8) is 0 Å². The minimum absolute atomic E-state index is 0.168. The van der Waals surface area contributed by atoms with Gasteiger partial charge in [0.15, 0.2) is 0 Å². The number of rotatable bonds is 7. The number of sulfonamides is 1. The average Bonchev–Trinajstić information content (AvgIpc) is 3.37. The van der Waals surface area contributed by atoms with Crippen LogP contribution in [0, 0.1) is 0 Å². The molecule has 1 saturated heterocycles. The molecule has 1 heterocycles. The van der Waals surface area contributed by atoms with Gasteiger partial charge in [-0.25, -0.2) is 8.42 Å². The van der Waals surface area contributed by atoms with E-state index in [0.29, 0.717) is 42.1 Å². The van der Waals surface area contributed by atoms with E-state index in [1.807, 2.05) is 0 Å². The van der Waals surface area contributed by atoms with Gasteiger partial charge in [0.1, 0.15) is 11.8 Å². The molecule has 1 aliphatic rings. The van der Waals surface area contributed by atoms with Crippen molar-refractivity contribution < 1.29 is 22.7 Å². The van der Waals surface area contributed by atoms with E-state index in [4.69, 9.17) is 4.74 Å². The fourth-order valence-electron chi connectivity index (χ4n) is 3.83. The average molecular weight is 480 g/mol. The molecule has 1 unspecified atom stereocenters. The van der Waals surface area contributed by atoms with Crippen molar-refractivity contribution in [2.75, 3.05) is 24.3 Å². The van der Waals surface area contributed by atoms with Crippen LogP contribution in [0.4, 0.5) is 11.4 Å². The zero-order valence-corrected chi connectivity index (χ0v) is 19.4. The van der Waals surface area contributed by atoms with Gasteiger partial charge in [0.2, 0.25) is 15.9 Å². The van der Waals surface area contributed by atoms with E-state index in [1.165, 1.54) is 16.4 Å². The molecular formula is C25H25N3O5S. The Labute approximate surface area is 198 Å². The van der Waals surface area contributed by atoms with Crippen LogP contribution in [0.15, 0.2) is 83.8 Å². The predicted molar refractivity (Wildman–Crippen MR) is 129 cm³/mol. The van der Waals surface area contributed by atoms with Gasteiger partial charge in [-0.2, -0.15) is 4.31 Å². The summed E-state index contributed by atoms with van der Waals surface area (Å²) in [7, 11) is -2.20. The molecule has 1 atom stereocenters. The van der Waals surface area contributed by atoms with Crippen molar-refractivity contribution in [3.05, 3.63) is 84.4 Å². The highest BCUT2D eigenvalue weighted by atomic mass is 32.2. The van der Waals surface area contributed by atoms with E-state index in [1.54, 1.807) is 73.8 Å². The number of anilines is 2. The second kappa shape index (κ2) is 10.1. The smallest absolute Gasteiger partial charge is 0.255 e. The summed E-state index contributed by atoms with van der Waals surface area (Å²) in [5, 5.41) is 5.57. The molecule has 8 nitrogen and oxygen atoms in total. The predicted octanol–water partition coefficient (Wildman–Crippen LogP) is 3.74. The molecule has 0 aliphatic carbocycles. The van der Waals surface area contributed by atoms with Gasteiger partial charge < -0.3 is 15.4 Å². The molecule has 0 bridgehead atoms. The summed E-state index contributed by atoms with van der Waals surface area (Å²) in [5.74, 6) is 0.00176. The highest BCUT2D eigenvalue weighted by molar-refractivity contribution is 7.89. The first-order valence-corrected chi connectivity index (χ1v) is 12.3. The Bertz CT molecular complexity index is 1260. The molecule has 1 aliphatic heterocycles. The third kappa shape index (κ3) is 5.11. The zero-order valence-electron chi connectivity index (χ0n) is 18.6. The molecule has 34 heavy (non-hydrogen) atoms. The topological polar surface area (TPSA) is 105 Å². The number of amides is 2. The van der Waals surface area contributed by atoms with Crippen molar-refractivity contribution in [3.8, 4) is 5.75 Å². The van der Waals surface area contributed by atoms with Gasteiger partial charge in [-0.3, -0.25) is 9.59 Å². The Balaban J connectivity index is 1.40. The lowest BCUT2D eigenvalue weighted by atomic mass is 10.1. The van der Waals surface area contributed by atoms with Crippen LogP contribution in [0.25, 0.3) is 0 Å². The molecule has 0 saturated carbocycles. The zero-order chi connectivity index (χ0) is 24.1. The van der Waals surface area contributed by atoms with Gasteiger partial charge in [0.25, 0.3) is 5.91 Å². The summed E-state index contributed by atoms with van der Waals surface area (Å²) in [4.78, 5) is 25.6. The van der Waals surface area contributed by atoms with Crippen LogP contribution in [0.5, 0.6) is 5.75 Å². The number of carbonyl (C=O) groups is 2. The summed E-state index contributed by atoms with van der Waals surface area (Å²) in [6.07, 6.45) is 1.05. The van der Waals surface area contributed by atoms with Crippen molar-refractivity contribution >= 4 is 33.2 Å². The maximum atomic E-state index is 13.0. The van der Waals surface area contributed by atoms with Crippen molar-refractivity contribution in [1.29, 1.82) is 0 Å². The van der Waals surface area contributed by atoms with Gasteiger partial charge in [-0.1, -0.05) is 18.2 Å². The lowest BCUT2D eigenvalue weighted by molar-refractivity contribution is -0.119. The van der Waals surface area contributed by atoms with Crippen LogP contribution >= 0.6 is 0 Å². The number of ether oxygens (including phenoxy) is 1. The molecule has 0 aromatic heterocycles. The Hall–Kier alpha value is -3.69. The van der Waals surface area contributed by atoms with Gasteiger partial charge in [0, 0.05) is 23.5 Å². The maximum Gasteiger partial charge on any atom is 0.255 e. The minimum Gasteiger partial charge on any atom is -0.497 e. The second-order valence-corrected chi connectivity index (χ2v) is 9.73. The first-order valence-electron chi connectivity index (χ1n) is 10.8. The van der Waals surface area contributed by atoms with Crippen LogP contribution in [-0.4, -0.2) is 44.2 Å². The largest absolute Gasteiger partial charge is 0.497 e. The summed E-state index contributed by atoms with van der Waals surface area (Å²) in [5.41, 5.74) is 1.53. The van der Waals surface area contributed by atoms with Gasteiger partial charge >= 0.3 is 0 Å². The Morgan fingerprint density at radius 3 is 2.15 bits per heavy atom. The van der Waals surface area contributed by atoms with E-state index in [0.717, 1.165) is 0 Å². The normalized spacial score (nSPS) is 16.1. The second-order valence-electron chi connectivity index (χ2n) is 7.84. The molecule has 0 radical (unpaired) electrons. The van der Waals surface area contributed by atoms with Crippen molar-refractivity contribution in [1.82, 2.24) is 4.31 Å². The highest BCUT2D eigenvalue weighted by Crippen LogP contribution is 2.27. The molecule has 176 valence electrons. The quantitative estimate of drug-likeness (QED) is 0.537. The van der Waals surface area contributed by atoms with E-state index < -0.39 is 22.0 Å². The third-order valence-electron chi connectivity index (χ3n) is 5.62. The number of hydrogen-bond acceptors (Lipinski definition) is 5.